The average molecular weight is 352 g/mol. The Hall–Kier alpha value is -2.52. The van der Waals surface area contributed by atoms with Crippen LogP contribution >= 0.6 is 11.6 Å². The molecule has 1 atom stereocenters. The fourth-order valence-electron chi connectivity index (χ4n) is 2.87. The SMILES string of the molecule is O=C(NC1CC1)[C@@H](Oc1ccc(Cl)c2ccccc12)c1ccccc1. The molecule has 0 aromatic heterocycles. The minimum absolute atomic E-state index is 0.104. The van der Waals surface area contributed by atoms with Gasteiger partial charge in [0.1, 0.15) is 5.75 Å². The standard InChI is InChI=1S/C21H18ClNO2/c22-18-12-13-19(17-9-5-4-8-16(17)18)25-20(14-6-2-1-3-7-14)21(24)23-15-10-11-15/h1-9,12-13,15,20H,10-11H2,(H,23,24)/t20-/m0/s1. The fourth-order valence-corrected chi connectivity index (χ4v) is 3.10. The first-order valence-electron chi connectivity index (χ1n) is 8.41. The molecule has 126 valence electrons. The van der Waals surface area contributed by atoms with Gasteiger partial charge in [-0.1, -0.05) is 66.2 Å². The van der Waals surface area contributed by atoms with E-state index in [1.54, 1.807) is 6.07 Å². The second kappa shape index (κ2) is 6.77. The molecule has 3 aromatic rings. The van der Waals surface area contributed by atoms with Gasteiger partial charge in [-0.15, -0.1) is 0 Å². The zero-order valence-electron chi connectivity index (χ0n) is 13.6. The number of benzene rings is 3. The molecule has 0 bridgehead atoms. The summed E-state index contributed by atoms with van der Waals surface area (Å²) in [4.78, 5) is 12.7. The molecule has 0 radical (unpaired) electrons. The first kappa shape index (κ1) is 16.0. The van der Waals surface area contributed by atoms with Crippen LogP contribution in [0.2, 0.25) is 5.02 Å². The highest BCUT2D eigenvalue weighted by atomic mass is 35.5. The summed E-state index contributed by atoms with van der Waals surface area (Å²) < 4.78 is 6.19. The van der Waals surface area contributed by atoms with Gasteiger partial charge in [-0.05, 0) is 25.0 Å². The predicted octanol–water partition coefficient (Wildman–Crippen LogP) is 4.89. The summed E-state index contributed by atoms with van der Waals surface area (Å²) in [5, 5.41) is 5.52. The predicted molar refractivity (Wildman–Crippen MR) is 99.9 cm³/mol. The number of carbonyl (C=O) groups excluding carboxylic acids is 1. The van der Waals surface area contributed by atoms with Gasteiger partial charge in [-0.2, -0.15) is 0 Å². The van der Waals surface area contributed by atoms with E-state index >= 15 is 0 Å². The number of amides is 1. The Balaban J connectivity index is 1.71. The number of ether oxygens (including phenoxy) is 1. The van der Waals surface area contributed by atoms with E-state index in [4.69, 9.17) is 16.3 Å². The lowest BCUT2D eigenvalue weighted by Gasteiger charge is -2.20. The van der Waals surface area contributed by atoms with Crippen molar-refractivity contribution in [2.75, 3.05) is 0 Å². The third kappa shape index (κ3) is 3.47. The average Bonchev–Trinajstić information content (AvgIpc) is 3.46. The van der Waals surface area contributed by atoms with Gasteiger partial charge in [0.25, 0.3) is 5.91 Å². The maximum atomic E-state index is 12.7. The Morgan fingerprint density at radius 3 is 2.36 bits per heavy atom. The molecule has 1 aliphatic rings. The topological polar surface area (TPSA) is 38.3 Å². The van der Waals surface area contributed by atoms with Gasteiger partial charge >= 0.3 is 0 Å². The second-order valence-corrected chi connectivity index (χ2v) is 6.69. The van der Waals surface area contributed by atoms with Crippen LogP contribution in [0.25, 0.3) is 10.8 Å². The van der Waals surface area contributed by atoms with Crippen molar-refractivity contribution in [2.45, 2.75) is 25.0 Å². The lowest BCUT2D eigenvalue weighted by atomic mass is 10.1. The molecule has 1 fully saturated rings. The Bertz CT molecular complexity index is 906. The lowest BCUT2D eigenvalue weighted by molar-refractivity contribution is -0.128. The van der Waals surface area contributed by atoms with Crippen molar-refractivity contribution < 1.29 is 9.53 Å². The van der Waals surface area contributed by atoms with Gasteiger partial charge in [0.2, 0.25) is 6.10 Å². The molecular weight excluding hydrogens is 334 g/mol. The Labute approximate surface area is 151 Å². The molecule has 4 heteroatoms. The fraction of sp³-hybridized carbons (Fsp3) is 0.190. The zero-order valence-corrected chi connectivity index (χ0v) is 14.4. The van der Waals surface area contributed by atoms with Gasteiger partial charge in [-0.25, -0.2) is 0 Å². The van der Waals surface area contributed by atoms with Crippen molar-refractivity contribution >= 4 is 28.3 Å². The van der Waals surface area contributed by atoms with Gasteiger partial charge in [-0.3, -0.25) is 4.79 Å². The molecule has 3 aromatic carbocycles. The Morgan fingerprint density at radius 1 is 0.960 bits per heavy atom. The summed E-state index contributed by atoms with van der Waals surface area (Å²) in [6.45, 7) is 0. The third-order valence-electron chi connectivity index (χ3n) is 4.34. The highest BCUT2D eigenvalue weighted by molar-refractivity contribution is 6.35. The van der Waals surface area contributed by atoms with E-state index in [0.29, 0.717) is 10.8 Å². The van der Waals surface area contributed by atoms with Gasteiger partial charge in [0.05, 0.1) is 0 Å². The smallest absolute Gasteiger partial charge is 0.266 e. The van der Waals surface area contributed by atoms with Gasteiger partial charge < -0.3 is 10.1 Å². The van der Waals surface area contributed by atoms with E-state index in [0.717, 1.165) is 29.2 Å². The Morgan fingerprint density at radius 2 is 1.64 bits per heavy atom. The van der Waals surface area contributed by atoms with E-state index in [2.05, 4.69) is 5.32 Å². The molecular formula is C21H18ClNO2. The van der Waals surface area contributed by atoms with Crippen molar-refractivity contribution in [2.24, 2.45) is 0 Å². The highest BCUT2D eigenvalue weighted by Gasteiger charge is 2.30. The summed E-state index contributed by atoms with van der Waals surface area (Å²) in [5.41, 5.74) is 0.833. The van der Waals surface area contributed by atoms with Crippen LogP contribution in [0.15, 0.2) is 66.7 Å². The Kier molecular flexibility index (Phi) is 4.33. The summed E-state index contributed by atoms with van der Waals surface area (Å²) in [5.74, 6) is 0.549. The highest BCUT2D eigenvalue weighted by Crippen LogP contribution is 2.34. The molecule has 0 heterocycles. The van der Waals surface area contributed by atoms with Crippen LogP contribution in [0.4, 0.5) is 0 Å². The maximum Gasteiger partial charge on any atom is 0.266 e. The second-order valence-electron chi connectivity index (χ2n) is 6.28. The number of halogens is 1. The van der Waals surface area contributed by atoms with Crippen molar-refractivity contribution in [3.8, 4) is 5.75 Å². The number of hydrogen-bond acceptors (Lipinski definition) is 2. The summed E-state index contributed by atoms with van der Waals surface area (Å²) >= 11 is 6.29. The van der Waals surface area contributed by atoms with Crippen LogP contribution in [-0.2, 0) is 4.79 Å². The number of carbonyl (C=O) groups is 1. The number of fused-ring (bicyclic) bond motifs is 1. The van der Waals surface area contributed by atoms with E-state index in [1.165, 1.54) is 0 Å². The lowest BCUT2D eigenvalue weighted by Crippen LogP contribution is -2.33. The minimum Gasteiger partial charge on any atom is -0.475 e. The van der Waals surface area contributed by atoms with E-state index in [1.807, 2.05) is 60.7 Å². The zero-order chi connectivity index (χ0) is 17.2. The number of nitrogens with one attached hydrogen (secondary N) is 1. The van der Waals surface area contributed by atoms with Crippen molar-refractivity contribution in [3.05, 3.63) is 77.3 Å². The quantitative estimate of drug-likeness (QED) is 0.710. The number of hydrogen-bond donors (Lipinski definition) is 1. The largest absolute Gasteiger partial charge is 0.475 e. The monoisotopic (exact) mass is 351 g/mol. The van der Waals surface area contributed by atoms with E-state index < -0.39 is 6.10 Å². The molecule has 1 N–H and O–H groups in total. The van der Waals surface area contributed by atoms with Crippen LogP contribution in [0.3, 0.4) is 0 Å². The molecule has 1 amide bonds. The van der Waals surface area contributed by atoms with Gasteiger partial charge in [0.15, 0.2) is 0 Å². The molecule has 4 rings (SSSR count). The minimum atomic E-state index is -0.689. The molecule has 1 saturated carbocycles. The van der Waals surface area contributed by atoms with E-state index in [-0.39, 0.29) is 11.9 Å². The third-order valence-corrected chi connectivity index (χ3v) is 4.67. The first-order chi connectivity index (χ1) is 12.2. The molecule has 0 spiro atoms. The van der Waals surface area contributed by atoms with Crippen molar-refractivity contribution in [1.82, 2.24) is 5.32 Å². The van der Waals surface area contributed by atoms with Crippen LogP contribution < -0.4 is 10.1 Å². The molecule has 3 nitrogen and oxygen atoms in total. The molecule has 25 heavy (non-hydrogen) atoms. The normalized spacial score (nSPS) is 14.9. The van der Waals surface area contributed by atoms with Crippen LogP contribution in [0, 0.1) is 0 Å². The molecule has 0 aliphatic heterocycles. The van der Waals surface area contributed by atoms with Crippen LogP contribution in [0.5, 0.6) is 5.75 Å². The first-order valence-corrected chi connectivity index (χ1v) is 8.79. The van der Waals surface area contributed by atoms with Crippen LogP contribution in [0.1, 0.15) is 24.5 Å². The van der Waals surface area contributed by atoms with E-state index in [9.17, 15) is 4.79 Å². The summed E-state index contributed by atoms with van der Waals surface area (Å²) in [7, 11) is 0. The summed E-state index contributed by atoms with van der Waals surface area (Å²) in [6.07, 6.45) is 1.39. The van der Waals surface area contributed by atoms with Crippen molar-refractivity contribution in [1.29, 1.82) is 0 Å². The maximum absolute atomic E-state index is 12.7. The molecule has 1 aliphatic carbocycles. The van der Waals surface area contributed by atoms with Gasteiger partial charge in [0, 0.05) is 27.4 Å². The molecule has 0 unspecified atom stereocenters. The van der Waals surface area contributed by atoms with Crippen molar-refractivity contribution in [3.63, 3.8) is 0 Å². The molecule has 0 saturated heterocycles. The van der Waals surface area contributed by atoms with Crippen LogP contribution in [-0.4, -0.2) is 11.9 Å². The number of rotatable bonds is 5. The summed E-state index contributed by atoms with van der Waals surface area (Å²) in [6, 6.07) is 21.3.